The van der Waals surface area contributed by atoms with Gasteiger partial charge in [-0.1, -0.05) is 26.7 Å². The number of carbonyl (C=O) groups excluding carboxylic acids is 1. The summed E-state index contributed by atoms with van der Waals surface area (Å²) in [7, 11) is 1.78. The molecule has 0 radical (unpaired) electrons. The van der Waals surface area contributed by atoms with Crippen molar-refractivity contribution in [3.8, 4) is 11.8 Å². The summed E-state index contributed by atoms with van der Waals surface area (Å²) >= 11 is 0. The predicted molar refractivity (Wildman–Crippen MR) is 50.5 cm³/mol. The largest absolute Gasteiger partial charge is 0.334 e. The summed E-state index contributed by atoms with van der Waals surface area (Å²) in [6.07, 6.45) is 0. The molecule has 12 heavy (non-hydrogen) atoms. The van der Waals surface area contributed by atoms with Crippen molar-refractivity contribution in [2.75, 3.05) is 13.6 Å². The highest BCUT2D eigenvalue weighted by Gasteiger charge is 2.15. The average molecular weight is 167 g/mol. The van der Waals surface area contributed by atoms with Crippen molar-refractivity contribution in [1.29, 1.82) is 0 Å². The number of rotatable bonds is 1. The highest BCUT2D eigenvalue weighted by Crippen LogP contribution is 2.13. The summed E-state index contributed by atoms with van der Waals surface area (Å²) in [6.45, 7) is 8.69. The number of nitrogens with zero attached hydrogens (tertiary/aromatic N) is 1. The van der Waals surface area contributed by atoms with Crippen LogP contribution in [0.25, 0.3) is 0 Å². The van der Waals surface area contributed by atoms with Gasteiger partial charge in [0, 0.05) is 13.6 Å². The molecule has 2 heteroatoms. The van der Waals surface area contributed by atoms with Gasteiger partial charge in [-0.3, -0.25) is 4.79 Å². The lowest BCUT2D eigenvalue weighted by molar-refractivity contribution is -0.124. The molecule has 0 unspecified atom stereocenters. The van der Waals surface area contributed by atoms with Gasteiger partial charge in [-0.05, 0) is 18.3 Å². The van der Waals surface area contributed by atoms with Crippen LogP contribution in [0.4, 0.5) is 0 Å². The van der Waals surface area contributed by atoms with E-state index >= 15 is 0 Å². The maximum atomic E-state index is 11.2. The molecular weight excluding hydrogens is 150 g/mol. The van der Waals surface area contributed by atoms with E-state index in [1.807, 2.05) is 0 Å². The van der Waals surface area contributed by atoms with Gasteiger partial charge >= 0.3 is 0 Å². The standard InChI is InChI=1S/C10H17NO/c1-6-7-9(12)11(5)8-10(2,3)4/h8H2,1-5H3. The maximum absolute atomic E-state index is 11.2. The molecule has 1 amide bonds. The second-order valence-corrected chi connectivity index (χ2v) is 4.10. The lowest BCUT2D eigenvalue weighted by Gasteiger charge is -2.24. The monoisotopic (exact) mass is 167 g/mol. The zero-order valence-corrected chi connectivity index (χ0v) is 8.56. The van der Waals surface area contributed by atoms with Crippen LogP contribution >= 0.6 is 0 Å². The van der Waals surface area contributed by atoms with Gasteiger partial charge in [0.25, 0.3) is 5.91 Å². The van der Waals surface area contributed by atoms with Crippen LogP contribution in [0.2, 0.25) is 0 Å². The molecule has 0 aliphatic heterocycles. The Morgan fingerprint density at radius 1 is 1.42 bits per heavy atom. The fourth-order valence-electron chi connectivity index (χ4n) is 0.986. The van der Waals surface area contributed by atoms with Gasteiger partial charge in [-0.25, -0.2) is 0 Å². The van der Waals surface area contributed by atoms with Gasteiger partial charge < -0.3 is 4.90 Å². The zero-order chi connectivity index (χ0) is 9.78. The average Bonchev–Trinajstić information content (AvgIpc) is 1.84. The Bertz CT molecular complexity index is 214. The third kappa shape index (κ3) is 4.79. The second kappa shape index (κ2) is 4.15. The van der Waals surface area contributed by atoms with E-state index in [0.717, 1.165) is 6.54 Å². The summed E-state index contributed by atoms with van der Waals surface area (Å²) in [6, 6.07) is 0. The first kappa shape index (κ1) is 11.0. The van der Waals surface area contributed by atoms with Crippen LogP contribution in [0.1, 0.15) is 27.7 Å². The Balaban J connectivity index is 4.11. The zero-order valence-electron chi connectivity index (χ0n) is 8.56. The van der Waals surface area contributed by atoms with Crippen molar-refractivity contribution in [3.05, 3.63) is 0 Å². The predicted octanol–water partition coefficient (Wildman–Crippen LogP) is 1.51. The molecule has 0 rings (SSSR count). The fraction of sp³-hybridized carbons (Fsp3) is 0.700. The van der Waals surface area contributed by atoms with Crippen LogP contribution in [-0.4, -0.2) is 24.4 Å². The molecule has 0 bridgehead atoms. The van der Waals surface area contributed by atoms with Crippen molar-refractivity contribution in [2.45, 2.75) is 27.7 Å². The van der Waals surface area contributed by atoms with Crippen LogP contribution in [-0.2, 0) is 4.79 Å². The number of hydrogen-bond acceptors (Lipinski definition) is 1. The van der Waals surface area contributed by atoms with Crippen molar-refractivity contribution in [1.82, 2.24) is 4.90 Å². The molecule has 0 saturated heterocycles. The van der Waals surface area contributed by atoms with Gasteiger partial charge in [0.15, 0.2) is 0 Å². The number of carbonyl (C=O) groups is 1. The normalized spacial score (nSPS) is 10.1. The van der Waals surface area contributed by atoms with Crippen LogP contribution in [0, 0.1) is 17.3 Å². The van der Waals surface area contributed by atoms with Gasteiger partial charge in [0.05, 0.1) is 0 Å². The molecule has 2 nitrogen and oxygen atoms in total. The molecule has 0 aromatic rings. The number of amides is 1. The van der Waals surface area contributed by atoms with E-state index in [-0.39, 0.29) is 11.3 Å². The highest BCUT2D eigenvalue weighted by atomic mass is 16.2. The van der Waals surface area contributed by atoms with E-state index in [4.69, 9.17) is 0 Å². The topological polar surface area (TPSA) is 20.3 Å². The Labute approximate surface area is 74.9 Å². The third-order valence-electron chi connectivity index (χ3n) is 1.29. The minimum absolute atomic E-state index is 0.104. The van der Waals surface area contributed by atoms with Crippen molar-refractivity contribution < 1.29 is 4.79 Å². The third-order valence-corrected chi connectivity index (χ3v) is 1.29. The minimum Gasteiger partial charge on any atom is -0.334 e. The quantitative estimate of drug-likeness (QED) is 0.542. The van der Waals surface area contributed by atoms with Gasteiger partial charge in [-0.2, -0.15) is 0 Å². The Morgan fingerprint density at radius 3 is 2.25 bits per heavy atom. The summed E-state index contributed by atoms with van der Waals surface area (Å²) in [4.78, 5) is 12.8. The Kier molecular flexibility index (Phi) is 3.82. The van der Waals surface area contributed by atoms with Crippen LogP contribution < -0.4 is 0 Å². The molecule has 0 spiro atoms. The van der Waals surface area contributed by atoms with Crippen molar-refractivity contribution >= 4 is 5.91 Å². The molecule has 68 valence electrons. The van der Waals surface area contributed by atoms with Crippen molar-refractivity contribution in [2.24, 2.45) is 5.41 Å². The Morgan fingerprint density at radius 2 is 1.92 bits per heavy atom. The second-order valence-electron chi connectivity index (χ2n) is 4.10. The van der Waals surface area contributed by atoms with Gasteiger partial charge in [0.2, 0.25) is 0 Å². The molecule has 0 heterocycles. The van der Waals surface area contributed by atoms with Crippen LogP contribution in [0.15, 0.2) is 0 Å². The van der Waals surface area contributed by atoms with E-state index in [9.17, 15) is 4.79 Å². The molecule has 0 fully saturated rings. The molecule has 0 atom stereocenters. The number of hydrogen-bond donors (Lipinski definition) is 0. The smallest absolute Gasteiger partial charge is 0.298 e. The van der Waals surface area contributed by atoms with Gasteiger partial charge in [-0.15, -0.1) is 0 Å². The molecule has 0 aromatic heterocycles. The van der Waals surface area contributed by atoms with Gasteiger partial charge in [0.1, 0.15) is 0 Å². The lowest BCUT2D eigenvalue weighted by atomic mass is 9.96. The SMILES string of the molecule is CC#CC(=O)N(C)CC(C)(C)C. The molecule has 0 N–H and O–H groups in total. The summed E-state index contributed by atoms with van der Waals surface area (Å²) in [5, 5.41) is 0. The first-order valence-corrected chi connectivity index (χ1v) is 4.04. The van der Waals surface area contributed by atoms with E-state index in [2.05, 4.69) is 32.6 Å². The molecule has 0 saturated carbocycles. The molecular formula is C10H17NO. The van der Waals surface area contributed by atoms with Crippen LogP contribution in [0.3, 0.4) is 0 Å². The first-order chi connectivity index (χ1) is 5.37. The fourth-order valence-corrected chi connectivity index (χ4v) is 0.986. The van der Waals surface area contributed by atoms with Crippen LogP contribution in [0.5, 0.6) is 0 Å². The van der Waals surface area contributed by atoms with E-state index in [1.165, 1.54) is 0 Å². The Hall–Kier alpha value is -0.970. The van der Waals surface area contributed by atoms with E-state index in [1.54, 1.807) is 18.9 Å². The summed E-state index contributed by atoms with van der Waals surface area (Å²) < 4.78 is 0. The lowest BCUT2D eigenvalue weighted by Crippen LogP contribution is -2.33. The summed E-state index contributed by atoms with van der Waals surface area (Å²) in [5.41, 5.74) is 0.139. The molecule has 0 aliphatic carbocycles. The molecule has 0 aromatic carbocycles. The van der Waals surface area contributed by atoms with Crippen molar-refractivity contribution in [3.63, 3.8) is 0 Å². The molecule has 0 aliphatic rings. The minimum atomic E-state index is -0.104. The highest BCUT2D eigenvalue weighted by molar-refractivity contribution is 5.93. The van der Waals surface area contributed by atoms with E-state index < -0.39 is 0 Å². The maximum Gasteiger partial charge on any atom is 0.298 e. The first-order valence-electron chi connectivity index (χ1n) is 4.04. The summed E-state index contributed by atoms with van der Waals surface area (Å²) in [5.74, 6) is 4.99. The van der Waals surface area contributed by atoms with E-state index in [0.29, 0.717) is 0 Å².